The second-order valence-corrected chi connectivity index (χ2v) is 16.9. The SMILES string of the molecule is C#Cc1c(F)ccc2cc(O)cc(-c3nc(OC)c4c(N5CC6CCC(C5)N6C(=O)NCC5(C)COC5)nc(OCC5(CN6CCC(F)CC6)CC5)nc4c3F)c12. The largest absolute Gasteiger partial charge is 0.508 e. The summed E-state index contributed by atoms with van der Waals surface area (Å²) in [5, 5.41) is 14.7. The van der Waals surface area contributed by atoms with Gasteiger partial charge in [0.2, 0.25) is 5.88 Å². The maximum atomic E-state index is 17.4. The number of terminal acetylenes is 1. The van der Waals surface area contributed by atoms with Crippen molar-refractivity contribution in [3.05, 3.63) is 41.5 Å². The second kappa shape index (κ2) is 14.4. The molecule has 0 spiro atoms. The molecule has 6 heterocycles. The lowest BCUT2D eigenvalue weighted by atomic mass is 9.89. The Kier molecular flexibility index (Phi) is 9.47. The highest BCUT2D eigenvalue weighted by atomic mass is 19.1. The lowest BCUT2D eigenvalue weighted by Crippen LogP contribution is -2.60. The molecule has 2 aromatic heterocycles. The van der Waals surface area contributed by atoms with Gasteiger partial charge in [-0.15, -0.1) is 6.42 Å². The normalized spacial score (nSPS) is 22.7. The summed E-state index contributed by atoms with van der Waals surface area (Å²) in [7, 11) is 1.41. The van der Waals surface area contributed by atoms with E-state index in [2.05, 4.69) is 33.0 Å². The average molecular weight is 786 g/mol. The van der Waals surface area contributed by atoms with Crippen molar-refractivity contribution in [1.82, 2.24) is 30.1 Å². The number of fused-ring (bicyclic) bond motifs is 4. The van der Waals surface area contributed by atoms with Crippen molar-refractivity contribution in [3.63, 3.8) is 0 Å². The number of alkyl halides is 1. The van der Waals surface area contributed by atoms with E-state index < -0.39 is 17.8 Å². The number of rotatable bonds is 10. The highest BCUT2D eigenvalue weighted by molar-refractivity contribution is 6.04. The highest BCUT2D eigenvalue weighted by Gasteiger charge is 2.47. The number of piperidine rings is 1. The van der Waals surface area contributed by atoms with E-state index in [0.717, 1.165) is 32.2 Å². The minimum atomic E-state index is -0.858. The first-order valence-corrected chi connectivity index (χ1v) is 19.7. The summed E-state index contributed by atoms with van der Waals surface area (Å²) in [5.74, 6) is 1.01. The fourth-order valence-corrected chi connectivity index (χ4v) is 9.09. The third-order valence-electron chi connectivity index (χ3n) is 12.5. The number of urea groups is 1. The molecule has 4 saturated heterocycles. The Labute approximate surface area is 328 Å². The van der Waals surface area contributed by atoms with Gasteiger partial charge in [0.05, 0.1) is 44.6 Å². The zero-order valence-corrected chi connectivity index (χ0v) is 32.1. The zero-order chi connectivity index (χ0) is 39.6. The molecule has 5 aliphatic rings. The minimum Gasteiger partial charge on any atom is -0.508 e. The molecule has 2 atom stereocenters. The van der Waals surface area contributed by atoms with Crippen molar-refractivity contribution in [2.75, 3.05) is 71.1 Å². The van der Waals surface area contributed by atoms with Crippen LogP contribution in [-0.4, -0.2) is 120 Å². The van der Waals surface area contributed by atoms with Gasteiger partial charge >= 0.3 is 12.0 Å². The Bertz CT molecular complexity index is 2270. The number of benzene rings is 2. The number of amides is 2. The first kappa shape index (κ1) is 37.5. The molecule has 9 rings (SSSR count). The highest BCUT2D eigenvalue weighted by Crippen LogP contribution is 2.48. The number of aromatic nitrogens is 3. The van der Waals surface area contributed by atoms with Gasteiger partial charge in [0.15, 0.2) is 5.82 Å². The van der Waals surface area contributed by atoms with E-state index in [9.17, 15) is 14.3 Å². The molecule has 2 N–H and O–H groups in total. The fraction of sp³-hybridized carbons (Fsp3) is 0.524. The van der Waals surface area contributed by atoms with Gasteiger partial charge < -0.3 is 39.3 Å². The van der Waals surface area contributed by atoms with Crippen LogP contribution in [0, 0.1) is 34.8 Å². The number of pyridine rings is 1. The van der Waals surface area contributed by atoms with Gasteiger partial charge in [-0.25, -0.2) is 22.9 Å². The number of methoxy groups -OCH3 is 1. The molecule has 0 radical (unpaired) electrons. The molecule has 2 bridgehead atoms. The molecule has 57 heavy (non-hydrogen) atoms. The summed E-state index contributed by atoms with van der Waals surface area (Å²) >= 11 is 0. The molecule has 4 aromatic rings. The number of hydrogen-bond donors (Lipinski definition) is 2. The van der Waals surface area contributed by atoms with Crippen molar-refractivity contribution >= 4 is 33.5 Å². The number of ether oxygens (including phenoxy) is 3. The van der Waals surface area contributed by atoms with Gasteiger partial charge in [0.1, 0.15) is 40.2 Å². The number of anilines is 1. The van der Waals surface area contributed by atoms with Crippen LogP contribution in [0.5, 0.6) is 17.6 Å². The first-order valence-electron chi connectivity index (χ1n) is 19.7. The average Bonchev–Trinajstić information content (AvgIpc) is 3.91. The third kappa shape index (κ3) is 6.90. The molecule has 2 unspecified atom stereocenters. The summed E-state index contributed by atoms with van der Waals surface area (Å²) in [6.07, 6.45) is 9.45. The molecular formula is C42H46F3N7O5. The lowest BCUT2D eigenvalue weighted by molar-refractivity contribution is -0.0979. The Morgan fingerprint density at radius 2 is 1.81 bits per heavy atom. The number of likely N-dealkylation sites (tertiary alicyclic amines) is 1. The predicted molar refractivity (Wildman–Crippen MR) is 207 cm³/mol. The molecule has 2 aromatic carbocycles. The van der Waals surface area contributed by atoms with E-state index in [0.29, 0.717) is 70.0 Å². The molecular weight excluding hydrogens is 739 g/mol. The van der Waals surface area contributed by atoms with Crippen LogP contribution in [0.1, 0.15) is 51.0 Å². The molecule has 300 valence electrons. The van der Waals surface area contributed by atoms with Crippen LogP contribution in [0.4, 0.5) is 23.8 Å². The lowest BCUT2D eigenvalue weighted by Gasteiger charge is -2.43. The minimum absolute atomic E-state index is 0.0107. The number of phenolic OH excluding ortho intramolecular Hbond substituents is 1. The van der Waals surface area contributed by atoms with Gasteiger partial charge in [-0.1, -0.05) is 18.9 Å². The molecule has 1 aliphatic carbocycles. The Morgan fingerprint density at radius 1 is 1.07 bits per heavy atom. The number of aromatic hydroxyl groups is 1. The van der Waals surface area contributed by atoms with Crippen molar-refractivity contribution < 1.29 is 37.3 Å². The number of piperazine rings is 1. The molecule has 4 aliphatic heterocycles. The fourth-order valence-electron chi connectivity index (χ4n) is 9.09. The summed E-state index contributed by atoms with van der Waals surface area (Å²) in [4.78, 5) is 34.0. The Morgan fingerprint density at radius 3 is 2.46 bits per heavy atom. The summed E-state index contributed by atoms with van der Waals surface area (Å²) in [6, 6.07) is 4.95. The molecule has 2 amide bonds. The van der Waals surface area contributed by atoms with Crippen LogP contribution in [-0.2, 0) is 4.74 Å². The third-order valence-corrected chi connectivity index (χ3v) is 12.5. The molecule has 1 saturated carbocycles. The number of hydrogen-bond acceptors (Lipinski definition) is 10. The number of halogens is 3. The van der Waals surface area contributed by atoms with E-state index in [1.807, 2.05) is 9.80 Å². The summed E-state index contributed by atoms with van der Waals surface area (Å²) < 4.78 is 63.9. The van der Waals surface area contributed by atoms with Gasteiger partial charge in [-0.3, -0.25) is 0 Å². The number of nitrogens with zero attached hydrogens (tertiary/aromatic N) is 6. The summed E-state index contributed by atoms with van der Waals surface area (Å²) in [6.45, 7) is 7.08. The van der Waals surface area contributed by atoms with Gasteiger partial charge in [0.25, 0.3) is 0 Å². The molecule has 5 fully saturated rings. The van der Waals surface area contributed by atoms with Crippen LogP contribution < -0.4 is 19.7 Å². The Balaban J connectivity index is 1.11. The van der Waals surface area contributed by atoms with E-state index in [-0.39, 0.29) is 86.3 Å². The number of nitrogens with one attached hydrogen (secondary N) is 1. The summed E-state index contributed by atoms with van der Waals surface area (Å²) in [5.41, 5.74) is -0.659. The van der Waals surface area contributed by atoms with Crippen molar-refractivity contribution in [2.45, 2.75) is 63.7 Å². The molecule has 15 heteroatoms. The van der Waals surface area contributed by atoms with E-state index >= 15 is 8.78 Å². The standard InChI is InChI=1S/C42H46F3N7O5/c1-4-29-31(44)8-5-24-15-28(53)16-30(32(24)29)35-34(45)36-33(38(47-35)55-3)37(49-39(48-36)57-23-42(11-12-42)20-50-13-9-25(43)10-14-50)51-17-26-6-7-27(18-51)52(26)40(54)46-19-41(2)21-56-22-41/h1,5,8,15-16,25-27,53H,6-7,9-14,17-23H2,2-3H3,(H,46,54). The first-order chi connectivity index (χ1) is 27.5. The van der Waals surface area contributed by atoms with Crippen LogP contribution >= 0.6 is 0 Å². The zero-order valence-electron chi connectivity index (χ0n) is 32.1. The van der Waals surface area contributed by atoms with Crippen molar-refractivity contribution in [3.8, 4) is 41.2 Å². The van der Waals surface area contributed by atoms with E-state index in [1.165, 1.54) is 31.4 Å². The maximum absolute atomic E-state index is 17.4. The topological polar surface area (TPSA) is 125 Å². The van der Waals surface area contributed by atoms with Gasteiger partial charge in [-0.05, 0) is 62.1 Å². The quantitative estimate of drug-likeness (QED) is 0.191. The van der Waals surface area contributed by atoms with E-state index in [4.69, 9.17) is 25.6 Å². The van der Waals surface area contributed by atoms with Crippen LogP contribution in [0.25, 0.3) is 32.9 Å². The molecule has 12 nitrogen and oxygen atoms in total. The number of carbonyl (C=O) groups excluding carboxylic acids is 1. The predicted octanol–water partition coefficient (Wildman–Crippen LogP) is 5.81. The second-order valence-electron chi connectivity index (χ2n) is 16.9. The monoisotopic (exact) mass is 785 g/mol. The number of phenols is 1. The maximum Gasteiger partial charge on any atom is 0.319 e. The van der Waals surface area contributed by atoms with Crippen molar-refractivity contribution in [1.29, 1.82) is 0 Å². The van der Waals surface area contributed by atoms with E-state index in [1.54, 1.807) is 0 Å². The Hall–Kier alpha value is -5.07. The number of carbonyl (C=O) groups is 1. The van der Waals surface area contributed by atoms with Gasteiger partial charge in [-0.2, -0.15) is 9.97 Å². The smallest absolute Gasteiger partial charge is 0.319 e. The van der Waals surface area contributed by atoms with Gasteiger partial charge in [0, 0.05) is 61.0 Å². The van der Waals surface area contributed by atoms with Crippen LogP contribution in [0.15, 0.2) is 24.3 Å². The van der Waals surface area contributed by atoms with Crippen LogP contribution in [0.2, 0.25) is 0 Å². The van der Waals surface area contributed by atoms with Crippen molar-refractivity contribution in [2.24, 2.45) is 10.8 Å². The van der Waals surface area contributed by atoms with Crippen LogP contribution in [0.3, 0.4) is 0 Å².